The Bertz CT molecular complexity index is 572. The molecule has 0 aliphatic carbocycles. The van der Waals surface area contributed by atoms with Crippen LogP contribution < -0.4 is 4.74 Å². The second-order valence-corrected chi connectivity index (χ2v) is 4.29. The van der Waals surface area contributed by atoms with Crippen LogP contribution in [0.5, 0.6) is 5.75 Å². The monoisotopic (exact) mass is 272 g/mol. The molecule has 4 nitrogen and oxygen atoms in total. The van der Waals surface area contributed by atoms with E-state index in [1.54, 1.807) is 55.6 Å². The van der Waals surface area contributed by atoms with Gasteiger partial charge in [0.05, 0.1) is 19.8 Å². The topological polar surface area (TPSA) is 55.8 Å². The average molecular weight is 272 g/mol. The van der Waals surface area contributed by atoms with Gasteiger partial charge in [0.2, 0.25) is 0 Å². The van der Waals surface area contributed by atoms with Crippen molar-refractivity contribution in [2.45, 2.75) is 6.10 Å². The molecule has 0 aliphatic heterocycles. The van der Waals surface area contributed by atoms with E-state index in [1.807, 2.05) is 0 Å². The summed E-state index contributed by atoms with van der Waals surface area (Å²) in [4.78, 5) is 11.3. The van der Waals surface area contributed by atoms with Crippen LogP contribution in [-0.4, -0.2) is 25.3 Å². The van der Waals surface area contributed by atoms with E-state index in [2.05, 4.69) is 4.74 Å². The first kappa shape index (κ1) is 14.1. The minimum atomic E-state index is -0.743. The van der Waals surface area contributed by atoms with Crippen LogP contribution in [0.1, 0.15) is 27.6 Å². The molecular formula is C16H16O4. The Morgan fingerprint density at radius 2 is 1.45 bits per heavy atom. The lowest BCUT2D eigenvalue weighted by Crippen LogP contribution is -2.03. The largest absolute Gasteiger partial charge is 0.497 e. The fraction of sp³-hybridized carbons (Fsp3) is 0.188. The van der Waals surface area contributed by atoms with Gasteiger partial charge in [-0.2, -0.15) is 0 Å². The minimum Gasteiger partial charge on any atom is -0.497 e. The van der Waals surface area contributed by atoms with Crippen LogP contribution in [0.4, 0.5) is 0 Å². The molecule has 0 saturated heterocycles. The fourth-order valence-electron chi connectivity index (χ4n) is 1.90. The van der Waals surface area contributed by atoms with Crippen molar-refractivity contribution in [3.8, 4) is 5.75 Å². The Morgan fingerprint density at radius 1 is 0.950 bits per heavy atom. The van der Waals surface area contributed by atoms with Gasteiger partial charge in [-0.05, 0) is 35.4 Å². The molecule has 1 atom stereocenters. The summed E-state index contributed by atoms with van der Waals surface area (Å²) < 4.78 is 9.71. The van der Waals surface area contributed by atoms with Crippen molar-refractivity contribution in [2.75, 3.05) is 14.2 Å². The predicted octanol–water partition coefficient (Wildman–Crippen LogP) is 2.56. The summed E-state index contributed by atoms with van der Waals surface area (Å²) in [6.07, 6.45) is -0.743. The summed E-state index contributed by atoms with van der Waals surface area (Å²) in [5, 5.41) is 10.3. The minimum absolute atomic E-state index is 0.393. The molecule has 4 heteroatoms. The van der Waals surface area contributed by atoms with Crippen LogP contribution in [0.25, 0.3) is 0 Å². The zero-order valence-corrected chi connectivity index (χ0v) is 11.4. The molecule has 0 fully saturated rings. The van der Waals surface area contributed by atoms with E-state index in [1.165, 1.54) is 7.11 Å². The second kappa shape index (κ2) is 6.21. The van der Waals surface area contributed by atoms with Crippen molar-refractivity contribution in [1.29, 1.82) is 0 Å². The van der Waals surface area contributed by atoms with Crippen molar-refractivity contribution >= 4 is 5.97 Å². The molecule has 0 saturated carbocycles. The van der Waals surface area contributed by atoms with Gasteiger partial charge in [0.25, 0.3) is 0 Å². The summed E-state index contributed by atoms with van der Waals surface area (Å²) in [5.74, 6) is 0.345. The highest BCUT2D eigenvalue weighted by molar-refractivity contribution is 5.89. The fourth-order valence-corrected chi connectivity index (χ4v) is 1.90. The summed E-state index contributed by atoms with van der Waals surface area (Å²) in [6, 6.07) is 13.9. The van der Waals surface area contributed by atoms with Gasteiger partial charge in [0, 0.05) is 0 Å². The van der Waals surface area contributed by atoms with Crippen LogP contribution in [0.2, 0.25) is 0 Å². The highest BCUT2D eigenvalue weighted by atomic mass is 16.5. The molecule has 104 valence electrons. The van der Waals surface area contributed by atoms with Gasteiger partial charge in [-0.3, -0.25) is 0 Å². The number of hydrogen-bond acceptors (Lipinski definition) is 4. The predicted molar refractivity (Wildman–Crippen MR) is 74.8 cm³/mol. The number of hydrogen-bond donors (Lipinski definition) is 1. The number of ether oxygens (including phenoxy) is 2. The van der Waals surface area contributed by atoms with Gasteiger partial charge in [-0.1, -0.05) is 24.3 Å². The summed E-state index contributed by atoms with van der Waals surface area (Å²) in [5.41, 5.74) is 1.93. The van der Waals surface area contributed by atoms with Crippen molar-refractivity contribution in [3.05, 3.63) is 65.2 Å². The van der Waals surface area contributed by atoms with Crippen LogP contribution in [-0.2, 0) is 4.74 Å². The standard InChI is InChI=1S/C16H16O4/c1-19-14-9-7-12(8-10-14)15(17)11-3-5-13(6-4-11)16(18)20-2/h3-10,15,17H,1-2H3/t15-/m0/s1. The second-order valence-electron chi connectivity index (χ2n) is 4.29. The van der Waals surface area contributed by atoms with Gasteiger partial charge >= 0.3 is 5.97 Å². The van der Waals surface area contributed by atoms with E-state index >= 15 is 0 Å². The Morgan fingerprint density at radius 3 is 1.90 bits per heavy atom. The third-order valence-corrected chi connectivity index (χ3v) is 3.08. The van der Waals surface area contributed by atoms with E-state index in [0.29, 0.717) is 11.1 Å². The summed E-state index contributed by atoms with van der Waals surface area (Å²) in [7, 11) is 2.93. The highest BCUT2D eigenvalue weighted by Gasteiger charge is 2.12. The maximum Gasteiger partial charge on any atom is 0.337 e. The first-order valence-electron chi connectivity index (χ1n) is 6.16. The smallest absolute Gasteiger partial charge is 0.337 e. The van der Waals surface area contributed by atoms with Crippen LogP contribution >= 0.6 is 0 Å². The zero-order chi connectivity index (χ0) is 14.5. The molecule has 2 aromatic rings. The third kappa shape index (κ3) is 2.97. The Kier molecular flexibility index (Phi) is 4.38. The SMILES string of the molecule is COC(=O)c1ccc([C@H](O)c2ccc(OC)cc2)cc1. The first-order chi connectivity index (χ1) is 9.65. The number of aliphatic hydroxyl groups excluding tert-OH is 1. The number of methoxy groups -OCH3 is 2. The summed E-state index contributed by atoms with van der Waals surface area (Å²) in [6.45, 7) is 0. The molecular weight excluding hydrogens is 256 g/mol. The molecule has 0 amide bonds. The Hall–Kier alpha value is -2.33. The molecule has 0 radical (unpaired) electrons. The number of esters is 1. The zero-order valence-electron chi connectivity index (χ0n) is 11.4. The van der Waals surface area contributed by atoms with E-state index in [9.17, 15) is 9.90 Å². The summed E-state index contributed by atoms with van der Waals surface area (Å²) >= 11 is 0. The van der Waals surface area contributed by atoms with Crippen molar-refractivity contribution in [1.82, 2.24) is 0 Å². The maximum absolute atomic E-state index is 11.3. The third-order valence-electron chi connectivity index (χ3n) is 3.08. The highest BCUT2D eigenvalue weighted by Crippen LogP contribution is 2.24. The van der Waals surface area contributed by atoms with Gasteiger partial charge in [0.15, 0.2) is 0 Å². The van der Waals surface area contributed by atoms with E-state index in [4.69, 9.17) is 4.74 Å². The molecule has 2 aromatic carbocycles. The number of rotatable bonds is 4. The quantitative estimate of drug-likeness (QED) is 0.869. The van der Waals surface area contributed by atoms with Gasteiger partial charge in [-0.15, -0.1) is 0 Å². The van der Waals surface area contributed by atoms with Crippen molar-refractivity contribution in [2.24, 2.45) is 0 Å². The molecule has 1 N–H and O–H groups in total. The van der Waals surface area contributed by atoms with Crippen molar-refractivity contribution < 1.29 is 19.4 Å². The number of aliphatic hydroxyl groups is 1. The van der Waals surface area contributed by atoms with Crippen LogP contribution in [0.15, 0.2) is 48.5 Å². The Balaban J connectivity index is 2.19. The van der Waals surface area contributed by atoms with E-state index in [-0.39, 0.29) is 0 Å². The maximum atomic E-state index is 11.3. The van der Waals surface area contributed by atoms with Crippen LogP contribution in [0.3, 0.4) is 0 Å². The lowest BCUT2D eigenvalue weighted by molar-refractivity contribution is 0.0600. The van der Waals surface area contributed by atoms with Gasteiger partial charge < -0.3 is 14.6 Å². The van der Waals surface area contributed by atoms with Crippen molar-refractivity contribution in [3.63, 3.8) is 0 Å². The molecule has 0 bridgehead atoms. The molecule has 0 aromatic heterocycles. The number of carbonyl (C=O) groups excluding carboxylic acids is 1. The lowest BCUT2D eigenvalue weighted by Gasteiger charge is -2.12. The molecule has 0 unspecified atom stereocenters. The first-order valence-corrected chi connectivity index (χ1v) is 6.16. The number of benzene rings is 2. The average Bonchev–Trinajstić information content (AvgIpc) is 2.53. The molecule has 0 aliphatic rings. The molecule has 0 heterocycles. The molecule has 0 spiro atoms. The lowest BCUT2D eigenvalue weighted by atomic mass is 10.0. The number of carbonyl (C=O) groups is 1. The normalized spacial score (nSPS) is 11.8. The molecule has 20 heavy (non-hydrogen) atoms. The van der Waals surface area contributed by atoms with E-state index in [0.717, 1.165) is 11.3 Å². The van der Waals surface area contributed by atoms with Crippen LogP contribution in [0, 0.1) is 0 Å². The van der Waals surface area contributed by atoms with Gasteiger partial charge in [0.1, 0.15) is 11.9 Å². The molecule has 2 rings (SSSR count). The Labute approximate surface area is 117 Å². The van der Waals surface area contributed by atoms with Gasteiger partial charge in [-0.25, -0.2) is 4.79 Å². The van der Waals surface area contributed by atoms with E-state index < -0.39 is 12.1 Å².